The number of aryl methyl sites for hydroxylation is 1. The molecule has 1 aromatic heterocycles. The van der Waals surface area contributed by atoms with Gasteiger partial charge in [0, 0.05) is 17.1 Å². The smallest absolute Gasteiger partial charge is 0.246 e. The van der Waals surface area contributed by atoms with Crippen molar-refractivity contribution in [2.24, 2.45) is 0 Å². The molecular formula is C8H7ClF2IN. The number of rotatable bonds is 2. The second kappa shape index (κ2) is 4.50. The summed E-state index contributed by atoms with van der Waals surface area (Å²) in [6.07, 6.45) is -2.48. The minimum Gasteiger partial charge on any atom is -0.246 e. The lowest BCUT2D eigenvalue weighted by Gasteiger charge is -2.07. The molecular weight excluding hydrogens is 310 g/mol. The molecule has 0 saturated carbocycles. The Kier molecular flexibility index (Phi) is 3.85. The first-order valence-corrected chi connectivity index (χ1v) is 5.17. The minimum absolute atomic E-state index is 0.0314. The van der Waals surface area contributed by atoms with Crippen LogP contribution in [-0.2, 0) is 5.88 Å². The Morgan fingerprint density at radius 3 is 2.69 bits per heavy atom. The predicted octanol–water partition coefficient (Wildman–Crippen LogP) is 3.67. The Hall–Kier alpha value is 0.0300. The molecule has 0 fully saturated rings. The van der Waals surface area contributed by atoms with Crippen molar-refractivity contribution in [3.8, 4) is 0 Å². The van der Waals surface area contributed by atoms with Gasteiger partial charge in [-0.1, -0.05) is 0 Å². The molecule has 13 heavy (non-hydrogen) atoms. The van der Waals surface area contributed by atoms with E-state index in [1.807, 2.05) is 22.6 Å². The van der Waals surface area contributed by atoms with Crippen molar-refractivity contribution in [2.45, 2.75) is 19.2 Å². The van der Waals surface area contributed by atoms with Gasteiger partial charge in [-0.3, -0.25) is 0 Å². The van der Waals surface area contributed by atoms with Gasteiger partial charge >= 0.3 is 0 Å². The zero-order valence-corrected chi connectivity index (χ0v) is 9.73. The molecule has 5 heteroatoms. The fourth-order valence-electron chi connectivity index (χ4n) is 0.950. The van der Waals surface area contributed by atoms with Gasteiger partial charge < -0.3 is 0 Å². The second-order valence-corrected chi connectivity index (χ2v) is 3.84. The van der Waals surface area contributed by atoms with E-state index < -0.39 is 6.43 Å². The van der Waals surface area contributed by atoms with Crippen LogP contribution in [0.1, 0.15) is 23.2 Å². The van der Waals surface area contributed by atoms with E-state index in [0.29, 0.717) is 15.0 Å². The molecule has 0 aliphatic rings. The minimum atomic E-state index is -2.48. The third-order valence-electron chi connectivity index (χ3n) is 1.66. The lowest BCUT2D eigenvalue weighted by molar-refractivity contribution is 0.150. The molecule has 0 unspecified atom stereocenters. The molecule has 1 aromatic rings. The highest BCUT2D eigenvalue weighted by molar-refractivity contribution is 14.1. The lowest BCUT2D eigenvalue weighted by Crippen LogP contribution is -1.99. The first kappa shape index (κ1) is 11.1. The molecule has 0 aliphatic heterocycles. The van der Waals surface area contributed by atoms with E-state index in [1.54, 1.807) is 6.92 Å². The Bertz CT molecular complexity index is 317. The Morgan fingerprint density at radius 2 is 2.23 bits per heavy atom. The number of pyridine rings is 1. The predicted molar refractivity (Wildman–Crippen MR) is 56.2 cm³/mol. The summed E-state index contributed by atoms with van der Waals surface area (Å²) >= 11 is 7.56. The molecule has 1 heterocycles. The fourth-order valence-corrected chi connectivity index (χ4v) is 2.09. The summed E-state index contributed by atoms with van der Waals surface area (Å²) in [5.41, 5.74) is 0.993. The fraction of sp³-hybridized carbons (Fsp3) is 0.375. The summed E-state index contributed by atoms with van der Waals surface area (Å²) in [7, 11) is 0. The average molecular weight is 318 g/mol. The summed E-state index contributed by atoms with van der Waals surface area (Å²) in [6, 6.07) is 1.42. The van der Waals surface area contributed by atoms with Gasteiger partial charge in [-0.25, -0.2) is 13.8 Å². The third kappa shape index (κ3) is 2.49. The Morgan fingerprint density at radius 1 is 1.62 bits per heavy atom. The monoisotopic (exact) mass is 317 g/mol. The molecule has 0 spiro atoms. The van der Waals surface area contributed by atoms with Crippen LogP contribution in [0.4, 0.5) is 8.78 Å². The number of nitrogens with zero attached hydrogens (tertiary/aromatic N) is 1. The molecule has 1 nitrogen and oxygen atoms in total. The first-order valence-electron chi connectivity index (χ1n) is 3.56. The number of aromatic nitrogens is 1. The van der Waals surface area contributed by atoms with E-state index in [0.717, 1.165) is 0 Å². The van der Waals surface area contributed by atoms with Gasteiger partial charge in [0.15, 0.2) is 0 Å². The molecule has 0 aliphatic carbocycles. The van der Waals surface area contributed by atoms with Crippen LogP contribution in [0.3, 0.4) is 0 Å². The Labute approximate surface area is 93.6 Å². The van der Waals surface area contributed by atoms with Crippen molar-refractivity contribution in [3.63, 3.8) is 0 Å². The van der Waals surface area contributed by atoms with Gasteiger partial charge in [-0.05, 0) is 41.1 Å². The van der Waals surface area contributed by atoms with Gasteiger partial charge in [-0.2, -0.15) is 0 Å². The Balaban J connectivity index is 3.22. The maximum Gasteiger partial charge on any atom is 0.265 e. The van der Waals surface area contributed by atoms with Crippen LogP contribution in [0.15, 0.2) is 6.07 Å². The number of alkyl halides is 3. The topological polar surface area (TPSA) is 12.9 Å². The van der Waals surface area contributed by atoms with E-state index in [1.165, 1.54) is 6.07 Å². The average Bonchev–Trinajstić information content (AvgIpc) is 2.03. The molecule has 1 rings (SSSR count). The van der Waals surface area contributed by atoms with E-state index in [2.05, 4.69) is 4.98 Å². The van der Waals surface area contributed by atoms with Crippen LogP contribution in [0.5, 0.6) is 0 Å². The van der Waals surface area contributed by atoms with Gasteiger partial charge in [0.25, 0.3) is 6.43 Å². The summed E-state index contributed by atoms with van der Waals surface area (Å²) in [4.78, 5) is 3.99. The molecule has 0 radical (unpaired) electrons. The molecule has 0 saturated heterocycles. The van der Waals surface area contributed by atoms with Crippen molar-refractivity contribution in [1.29, 1.82) is 0 Å². The highest BCUT2D eigenvalue weighted by atomic mass is 127. The van der Waals surface area contributed by atoms with Crippen LogP contribution in [0, 0.1) is 10.6 Å². The summed E-state index contributed by atoms with van der Waals surface area (Å²) in [5.74, 6) is 0.214. The first-order chi connectivity index (χ1) is 6.06. The van der Waals surface area contributed by atoms with Crippen LogP contribution in [0.25, 0.3) is 0 Å². The van der Waals surface area contributed by atoms with Crippen molar-refractivity contribution >= 4 is 34.2 Å². The van der Waals surface area contributed by atoms with Gasteiger partial charge in [0.2, 0.25) is 0 Å². The molecule has 0 N–H and O–H groups in total. The van der Waals surface area contributed by atoms with Crippen molar-refractivity contribution in [1.82, 2.24) is 4.98 Å². The van der Waals surface area contributed by atoms with Gasteiger partial charge in [0.05, 0.1) is 0 Å². The van der Waals surface area contributed by atoms with Crippen molar-refractivity contribution in [2.75, 3.05) is 0 Å². The second-order valence-electron chi connectivity index (χ2n) is 2.55. The lowest BCUT2D eigenvalue weighted by atomic mass is 10.1. The summed E-state index contributed by atoms with van der Waals surface area (Å²) in [6.45, 7) is 1.57. The third-order valence-corrected chi connectivity index (χ3v) is 2.88. The molecule has 0 aromatic carbocycles. The summed E-state index contributed by atoms with van der Waals surface area (Å²) in [5, 5.41) is 0. The van der Waals surface area contributed by atoms with Crippen LogP contribution in [-0.4, -0.2) is 4.98 Å². The summed E-state index contributed by atoms with van der Waals surface area (Å²) < 4.78 is 25.5. The molecule has 0 atom stereocenters. The molecule has 0 amide bonds. The maximum atomic E-state index is 12.4. The van der Waals surface area contributed by atoms with Crippen molar-refractivity contribution < 1.29 is 8.78 Å². The quantitative estimate of drug-likeness (QED) is 0.461. The van der Waals surface area contributed by atoms with E-state index in [4.69, 9.17) is 11.6 Å². The highest BCUT2D eigenvalue weighted by Crippen LogP contribution is 2.25. The molecule has 0 bridgehead atoms. The van der Waals surface area contributed by atoms with Crippen LogP contribution >= 0.6 is 34.2 Å². The number of hydrogen-bond acceptors (Lipinski definition) is 1. The molecule has 72 valence electrons. The van der Waals surface area contributed by atoms with E-state index in [-0.39, 0.29) is 11.4 Å². The standard InChI is InChI=1S/C8H7ClF2IN/c1-4-6(7(10)11)2-5(3-9)8(12)13-4/h2,7H,3H2,1H3. The normalized spacial score (nSPS) is 10.9. The number of halogens is 4. The van der Waals surface area contributed by atoms with E-state index in [9.17, 15) is 8.78 Å². The number of hydrogen-bond donors (Lipinski definition) is 0. The van der Waals surface area contributed by atoms with Gasteiger partial charge in [0.1, 0.15) is 3.70 Å². The van der Waals surface area contributed by atoms with E-state index >= 15 is 0 Å². The van der Waals surface area contributed by atoms with Crippen molar-refractivity contribution in [3.05, 3.63) is 26.6 Å². The zero-order valence-electron chi connectivity index (χ0n) is 6.82. The zero-order chi connectivity index (χ0) is 10.0. The largest absolute Gasteiger partial charge is 0.265 e. The maximum absolute atomic E-state index is 12.4. The highest BCUT2D eigenvalue weighted by Gasteiger charge is 2.14. The SMILES string of the molecule is Cc1nc(I)c(CCl)cc1C(F)F. The van der Waals surface area contributed by atoms with Gasteiger partial charge in [-0.15, -0.1) is 11.6 Å². The van der Waals surface area contributed by atoms with Crippen LogP contribution in [0.2, 0.25) is 0 Å². The van der Waals surface area contributed by atoms with Crippen LogP contribution < -0.4 is 0 Å².